The van der Waals surface area contributed by atoms with Crippen LogP contribution in [0.25, 0.3) is 5.57 Å². The Hall–Kier alpha value is -1.82. The molecule has 0 saturated heterocycles. The van der Waals surface area contributed by atoms with E-state index >= 15 is 0 Å². The van der Waals surface area contributed by atoms with Crippen LogP contribution in [0.15, 0.2) is 115 Å². The van der Waals surface area contributed by atoms with Crippen molar-refractivity contribution in [3.63, 3.8) is 0 Å². The maximum atomic E-state index is 2.59. The molecule has 1 atom stereocenters. The predicted molar refractivity (Wildman–Crippen MR) is 136 cm³/mol. The molecule has 0 nitrogen and oxygen atoms in total. The Balaban J connectivity index is 0.000000375. The van der Waals surface area contributed by atoms with E-state index in [0.29, 0.717) is 5.92 Å². The second-order valence-corrected chi connectivity index (χ2v) is 9.41. The standard InChI is InChI=1S/C21H26.2C5H5.2Fe/c1-16(2)21(18-11-7-8-12-18)14-13-20(3,4)19(15-21)17-9-5-6-10-17;2*1-2-4-5-3-1;;/h5-12,15-16H,13-14H2,1-4H3;2*1-5H;;/q-2;2*-1;2*+2. The molecule has 0 aromatic heterocycles. The predicted octanol–water partition coefficient (Wildman–Crippen LogP) is 8.73. The van der Waals surface area contributed by atoms with Crippen molar-refractivity contribution >= 4 is 5.57 Å². The zero-order valence-electron chi connectivity index (χ0n) is 20.2. The molecule has 0 heterocycles. The van der Waals surface area contributed by atoms with Gasteiger partial charge in [0.25, 0.3) is 0 Å². The van der Waals surface area contributed by atoms with Gasteiger partial charge in [-0.2, -0.15) is 72.3 Å². The van der Waals surface area contributed by atoms with Gasteiger partial charge >= 0.3 is 34.1 Å². The van der Waals surface area contributed by atoms with Gasteiger partial charge in [-0.1, -0.05) is 45.4 Å². The van der Waals surface area contributed by atoms with Crippen LogP contribution >= 0.6 is 0 Å². The van der Waals surface area contributed by atoms with E-state index in [9.17, 15) is 0 Å². The van der Waals surface area contributed by atoms with Gasteiger partial charge in [-0.15, -0.1) is 23.3 Å². The molecule has 5 rings (SSSR count). The van der Waals surface area contributed by atoms with Gasteiger partial charge in [0.05, 0.1) is 0 Å². The maximum absolute atomic E-state index is 2.59. The number of hydrogen-bond acceptors (Lipinski definition) is 0. The first-order chi connectivity index (χ1) is 15.0. The Morgan fingerprint density at radius 3 is 1.55 bits per heavy atom. The molecule has 4 aromatic rings. The van der Waals surface area contributed by atoms with Gasteiger partial charge in [0.15, 0.2) is 0 Å². The molecule has 1 unspecified atom stereocenters. The van der Waals surface area contributed by atoms with E-state index in [4.69, 9.17) is 0 Å². The van der Waals surface area contributed by atoms with Gasteiger partial charge in [-0.3, -0.25) is 0 Å². The van der Waals surface area contributed by atoms with Crippen LogP contribution in [-0.4, -0.2) is 0 Å². The molecule has 0 spiro atoms. The summed E-state index contributed by atoms with van der Waals surface area (Å²) in [6.45, 7) is 9.51. The minimum absolute atomic E-state index is 0. The van der Waals surface area contributed by atoms with Gasteiger partial charge in [0, 0.05) is 0 Å². The normalized spacial score (nSPS) is 18.4. The van der Waals surface area contributed by atoms with Crippen molar-refractivity contribution in [2.45, 2.75) is 46.0 Å². The van der Waals surface area contributed by atoms with Crippen molar-refractivity contribution in [2.75, 3.05) is 0 Å². The Morgan fingerprint density at radius 1 is 0.697 bits per heavy atom. The Morgan fingerprint density at radius 2 is 1.15 bits per heavy atom. The van der Waals surface area contributed by atoms with Gasteiger partial charge in [-0.25, -0.2) is 36.4 Å². The minimum atomic E-state index is 0. The fourth-order valence-electron chi connectivity index (χ4n) is 4.55. The van der Waals surface area contributed by atoms with E-state index in [2.05, 4.69) is 82.3 Å². The van der Waals surface area contributed by atoms with Crippen molar-refractivity contribution in [1.29, 1.82) is 0 Å². The van der Waals surface area contributed by atoms with Crippen LogP contribution in [0, 0.1) is 11.3 Å². The molecule has 4 aromatic carbocycles. The summed E-state index contributed by atoms with van der Waals surface area (Å²) in [5, 5.41) is 0. The van der Waals surface area contributed by atoms with E-state index in [0.717, 1.165) is 0 Å². The molecule has 0 aliphatic heterocycles. The molecular formula is C31H36Fe2. The zero-order chi connectivity index (χ0) is 22.2. The fourth-order valence-corrected chi connectivity index (χ4v) is 4.55. The van der Waals surface area contributed by atoms with Crippen molar-refractivity contribution in [2.24, 2.45) is 11.3 Å². The molecule has 33 heavy (non-hydrogen) atoms. The summed E-state index contributed by atoms with van der Waals surface area (Å²) in [5.74, 6) is 0.612. The summed E-state index contributed by atoms with van der Waals surface area (Å²) < 4.78 is 0. The van der Waals surface area contributed by atoms with E-state index < -0.39 is 0 Å². The summed E-state index contributed by atoms with van der Waals surface area (Å²) in [6, 6.07) is 37.8. The monoisotopic (exact) mass is 520 g/mol. The topological polar surface area (TPSA) is 0 Å². The average Bonchev–Trinajstić information content (AvgIpc) is 3.57. The largest absolute Gasteiger partial charge is 2.00 e. The van der Waals surface area contributed by atoms with Crippen molar-refractivity contribution in [3.8, 4) is 0 Å². The third-order valence-electron chi connectivity index (χ3n) is 6.61. The van der Waals surface area contributed by atoms with Crippen molar-refractivity contribution in [3.05, 3.63) is 126 Å². The van der Waals surface area contributed by atoms with Crippen molar-refractivity contribution in [1.82, 2.24) is 0 Å². The number of rotatable bonds is 3. The Labute approximate surface area is 222 Å². The molecule has 0 radical (unpaired) electrons. The zero-order valence-corrected chi connectivity index (χ0v) is 22.4. The first-order valence-electron chi connectivity index (χ1n) is 11.5. The summed E-state index contributed by atoms with van der Waals surface area (Å²) in [5.41, 5.74) is 4.85. The second kappa shape index (κ2) is 13.8. The SMILES string of the molecule is CC(C)C1([c-]2cccc2)C=C([c-]2cccc2)C(C)(C)CC1.[Fe+2].[Fe+2].c1cc[cH-]c1.c1cc[cH-]c1. The molecule has 0 fully saturated rings. The smallest absolute Gasteiger partial charge is 0.214 e. The summed E-state index contributed by atoms with van der Waals surface area (Å²) in [7, 11) is 0. The molecule has 1 aliphatic carbocycles. The van der Waals surface area contributed by atoms with Crippen LogP contribution in [0.3, 0.4) is 0 Å². The van der Waals surface area contributed by atoms with Crippen LogP contribution in [-0.2, 0) is 39.6 Å². The number of hydrogen-bond donors (Lipinski definition) is 0. The van der Waals surface area contributed by atoms with E-state index in [1.54, 1.807) is 0 Å². The molecule has 1 aliphatic rings. The van der Waals surface area contributed by atoms with Crippen LogP contribution in [0.4, 0.5) is 0 Å². The maximum Gasteiger partial charge on any atom is 2.00 e. The summed E-state index contributed by atoms with van der Waals surface area (Å²) in [6.07, 6.45) is 5.07. The molecule has 176 valence electrons. The van der Waals surface area contributed by atoms with Gasteiger partial charge < -0.3 is 0 Å². The minimum Gasteiger partial charge on any atom is -0.214 e. The molecule has 0 bridgehead atoms. The number of allylic oxidation sites excluding steroid dienone is 2. The third kappa shape index (κ3) is 7.59. The van der Waals surface area contributed by atoms with Crippen LogP contribution < -0.4 is 0 Å². The second-order valence-electron chi connectivity index (χ2n) is 9.41. The third-order valence-corrected chi connectivity index (χ3v) is 6.61. The molecule has 0 saturated carbocycles. The first kappa shape index (κ1) is 29.2. The van der Waals surface area contributed by atoms with Crippen molar-refractivity contribution < 1.29 is 34.1 Å². The van der Waals surface area contributed by atoms with Gasteiger partial charge in [0.2, 0.25) is 0 Å². The van der Waals surface area contributed by atoms with E-state index in [1.165, 1.54) is 29.5 Å². The summed E-state index contributed by atoms with van der Waals surface area (Å²) in [4.78, 5) is 0. The molecule has 0 amide bonds. The fraction of sp³-hybridized carbons (Fsp3) is 0.290. The molecular weight excluding hydrogens is 484 g/mol. The van der Waals surface area contributed by atoms with E-state index in [1.807, 2.05) is 60.7 Å². The Bertz CT molecular complexity index is 905. The first-order valence-corrected chi connectivity index (χ1v) is 11.5. The average molecular weight is 520 g/mol. The van der Waals surface area contributed by atoms with Gasteiger partial charge in [0.1, 0.15) is 0 Å². The van der Waals surface area contributed by atoms with Crippen LogP contribution in [0.5, 0.6) is 0 Å². The molecule has 2 heteroatoms. The van der Waals surface area contributed by atoms with Crippen LogP contribution in [0.2, 0.25) is 0 Å². The van der Waals surface area contributed by atoms with Gasteiger partial charge in [-0.05, 0) is 11.8 Å². The van der Waals surface area contributed by atoms with E-state index in [-0.39, 0.29) is 45.0 Å². The van der Waals surface area contributed by atoms with Crippen LogP contribution in [0.1, 0.15) is 51.7 Å². The quantitative estimate of drug-likeness (QED) is 0.187. The molecule has 0 N–H and O–H groups in total. The summed E-state index contributed by atoms with van der Waals surface area (Å²) >= 11 is 0. The Kier molecular flexibility index (Phi) is 12.2.